The van der Waals surface area contributed by atoms with Crippen LogP contribution in [0.15, 0.2) is 24.3 Å². The van der Waals surface area contributed by atoms with E-state index in [0.717, 1.165) is 32.5 Å². The molecule has 1 aliphatic heterocycles. The molecule has 1 aromatic rings. The van der Waals surface area contributed by atoms with Crippen LogP contribution in [0.25, 0.3) is 0 Å². The maximum atomic E-state index is 12.5. The van der Waals surface area contributed by atoms with Gasteiger partial charge in [-0.1, -0.05) is 6.92 Å². The van der Waals surface area contributed by atoms with Crippen molar-refractivity contribution in [3.63, 3.8) is 0 Å². The van der Waals surface area contributed by atoms with E-state index in [1.165, 1.54) is 0 Å². The minimum atomic E-state index is -0.0994. The number of piperidine rings is 1. The molecule has 2 rings (SSSR count). The van der Waals surface area contributed by atoms with E-state index in [1.807, 2.05) is 23.9 Å². The van der Waals surface area contributed by atoms with Gasteiger partial charge in [0.1, 0.15) is 0 Å². The Labute approximate surface area is 138 Å². The number of rotatable bonds is 5. The molecule has 0 saturated carbocycles. The van der Waals surface area contributed by atoms with E-state index in [4.69, 9.17) is 0 Å². The summed E-state index contributed by atoms with van der Waals surface area (Å²) in [6.07, 6.45) is 2.14. The average Bonchev–Trinajstić information content (AvgIpc) is 2.54. The second-order valence-electron chi connectivity index (χ2n) is 6.61. The van der Waals surface area contributed by atoms with Gasteiger partial charge in [-0.3, -0.25) is 9.59 Å². The van der Waals surface area contributed by atoms with Gasteiger partial charge < -0.3 is 15.1 Å². The van der Waals surface area contributed by atoms with Crippen LogP contribution in [0.3, 0.4) is 0 Å². The molecule has 0 bridgehead atoms. The zero-order valence-corrected chi connectivity index (χ0v) is 14.3. The molecule has 5 nitrogen and oxygen atoms in total. The molecule has 1 N–H and O–H groups in total. The summed E-state index contributed by atoms with van der Waals surface area (Å²) in [6, 6.07) is 6.96. The number of amides is 2. The van der Waals surface area contributed by atoms with Gasteiger partial charge in [-0.2, -0.15) is 0 Å². The standard InChI is InChI=1S/C18H27N3O2/c1-14-8-11-21(12-9-14)18(23)16-6-4-15(5-7-16)17(22)19-10-13-20(2)3/h4-7,14H,8-13H2,1-3H3,(H,19,22). The molecular formula is C18H27N3O2. The second-order valence-corrected chi connectivity index (χ2v) is 6.61. The van der Waals surface area contributed by atoms with Crippen molar-refractivity contribution in [2.45, 2.75) is 19.8 Å². The maximum absolute atomic E-state index is 12.5. The highest BCUT2D eigenvalue weighted by molar-refractivity contribution is 5.97. The number of hydrogen-bond donors (Lipinski definition) is 1. The van der Waals surface area contributed by atoms with Gasteiger partial charge >= 0.3 is 0 Å². The molecule has 0 unspecified atom stereocenters. The number of nitrogens with zero attached hydrogens (tertiary/aromatic N) is 2. The van der Waals surface area contributed by atoms with Crippen molar-refractivity contribution < 1.29 is 9.59 Å². The summed E-state index contributed by atoms with van der Waals surface area (Å²) in [4.78, 5) is 28.4. The first kappa shape index (κ1) is 17.5. The fraction of sp³-hybridized carbons (Fsp3) is 0.556. The van der Waals surface area contributed by atoms with Crippen molar-refractivity contribution in [3.05, 3.63) is 35.4 Å². The van der Waals surface area contributed by atoms with Crippen LogP contribution in [0.5, 0.6) is 0 Å². The molecule has 1 aromatic carbocycles. The fourth-order valence-corrected chi connectivity index (χ4v) is 2.65. The minimum Gasteiger partial charge on any atom is -0.351 e. The number of benzene rings is 1. The molecule has 5 heteroatoms. The first-order chi connectivity index (χ1) is 11.0. The molecule has 0 spiro atoms. The lowest BCUT2D eigenvalue weighted by molar-refractivity contribution is 0.0696. The highest BCUT2D eigenvalue weighted by Crippen LogP contribution is 2.18. The number of carbonyl (C=O) groups is 2. The summed E-state index contributed by atoms with van der Waals surface area (Å²) in [5.74, 6) is 0.668. The van der Waals surface area contributed by atoms with Crippen LogP contribution >= 0.6 is 0 Å². The lowest BCUT2D eigenvalue weighted by Crippen LogP contribution is -2.37. The second kappa shape index (κ2) is 8.11. The van der Waals surface area contributed by atoms with E-state index in [-0.39, 0.29) is 11.8 Å². The Bertz CT molecular complexity index is 532. The molecule has 0 radical (unpaired) electrons. The number of likely N-dealkylation sites (N-methyl/N-ethyl adjacent to an activating group) is 1. The van der Waals surface area contributed by atoms with Crippen LogP contribution in [0.2, 0.25) is 0 Å². The third kappa shape index (κ3) is 5.06. The smallest absolute Gasteiger partial charge is 0.253 e. The molecular weight excluding hydrogens is 290 g/mol. The third-order valence-corrected chi connectivity index (χ3v) is 4.31. The van der Waals surface area contributed by atoms with Crippen LogP contribution in [-0.4, -0.2) is 61.9 Å². The zero-order valence-electron chi connectivity index (χ0n) is 14.3. The van der Waals surface area contributed by atoms with E-state index < -0.39 is 0 Å². The fourth-order valence-electron chi connectivity index (χ4n) is 2.65. The zero-order chi connectivity index (χ0) is 16.8. The number of hydrogen-bond acceptors (Lipinski definition) is 3. The van der Waals surface area contributed by atoms with Gasteiger partial charge in [0.2, 0.25) is 0 Å². The Morgan fingerprint density at radius 1 is 1.13 bits per heavy atom. The van der Waals surface area contributed by atoms with Gasteiger partial charge in [0.05, 0.1) is 0 Å². The van der Waals surface area contributed by atoms with Crippen LogP contribution in [0, 0.1) is 5.92 Å². The Kier molecular flexibility index (Phi) is 6.16. The lowest BCUT2D eigenvalue weighted by atomic mass is 9.98. The molecule has 0 aromatic heterocycles. The average molecular weight is 317 g/mol. The van der Waals surface area contributed by atoms with Gasteiger partial charge in [-0.25, -0.2) is 0 Å². The van der Waals surface area contributed by atoms with Crippen molar-refractivity contribution in [1.29, 1.82) is 0 Å². The largest absolute Gasteiger partial charge is 0.351 e. The Hall–Kier alpha value is -1.88. The minimum absolute atomic E-state index is 0.0662. The molecule has 1 fully saturated rings. The number of carbonyl (C=O) groups excluding carboxylic acids is 2. The molecule has 126 valence electrons. The summed E-state index contributed by atoms with van der Waals surface area (Å²) in [6.45, 7) is 5.29. The van der Waals surface area contributed by atoms with Gasteiger partial charge in [0.25, 0.3) is 11.8 Å². The van der Waals surface area contributed by atoms with Crippen molar-refractivity contribution in [1.82, 2.24) is 15.1 Å². The summed E-state index contributed by atoms with van der Waals surface area (Å²) >= 11 is 0. The van der Waals surface area contributed by atoms with Crippen molar-refractivity contribution >= 4 is 11.8 Å². The molecule has 2 amide bonds. The molecule has 0 aliphatic carbocycles. The molecule has 1 aliphatic rings. The first-order valence-corrected chi connectivity index (χ1v) is 8.29. The molecule has 0 atom stereocenters. The Morgan fingerprint density at radius 2 is 1.70 bits per heavy atom. The van der Waals surface area contributed by atoms with Gasteiger partial charge in [-0.15, -0.1) is 0 Å². The molecule has 1 heterocycles. The summed E-state index contributed by atoms with van der Waals surface area (Å²) < 4.78 is 0. The van der Waals surface area contributed by atoms with Crippen LogP contribution < -0.4 is 5.32 Å². The van der Waals surface area contributed by atoms with E-state index in [0.29, 0.717) is 23.6 Å². The van der Waals surface area contributed by atoms with Crippen LogP contribution in [0.1, 0.15) is 40.5 Å². The molecule has 1 saturated heterocycles. The van der Waals surface area contributed by atoms with Crippen LogP contribution in [-0.2, 0) is 0 Å². The monoisotopic (exact) mass is 317 g/mol. The summed E-state index contributed by atoms with van der Waals surface area (Å²) in [7, 11) is 3.93. The summed E-state index contributed by atoms with van der Waals surface area (Å²) in [5, 5.41) is 2.87. The highest BCUT2D eigenvalue weighted by Gasteiger charge is 2.21. The highest BCUT2D eigenvalue weighted by atomic mass is 16.2. The van der Waals surface area contributed by atoms with Crippen molar-refractivity contribution in [3.8, 4) is 0 Å². The quantitative estimate of drug-likeness (QED) is 0.902. The van der Waals surface area contributed by atoms with Gasteiger partial charge in [0, 0.05) is 37.3 Å². The van der Waals surface area contributed by atoms with E-state index in [2.05, 4.69) is 12.2 Å². The van der Waals surface area contributed by atoms with Gasteiger partial charge in [0.15, 0.2) is 0 Å². The Balaban J connectivity index is 1.91. The SMILES string of the molecule is CC1CCN(C(=O)c2ccc(C(=O)NCCN(C)C)cc2)CC1. The van der Waals surface area contributed by atoms with E-state index in [9.17, 15) is 9.59 Å². The molecule has 23 heavy (non-hydrogen) atoms. The van der Waals surface area contributed by atoms with Crippen molar-refractivity contribution in [2.24, 2.45) is 5.92 Å². The van der Waals surface area contributed by atoms with E-state index in [1.54, 1.807) is 24.3 Å². The normalized spacial score (nSPS) is 15.7. The topological polar surface area (TPSA) is 52.7 Å². The lowest BCUT2D eigenvalue weighted by Gasteiger charge is -2.30. The van der Waals surface area contributed by atoms with E-state index >= 15 is 0 Å². The predicted octanol–water partition coefficient (Wildman–Crippen LogP) is 1.85. The Morgan fingerprint density at radius 3 is 2.26 bits per heavy atom. The van der Waals surface area contributed by atoms with Crippen LogP contribution in [0.4, 0.5) is 0 Å². The number of likely N-dealkylation sites (tertiary alicyclic amines) is 1. The first-order valence-electron chi connectivity index (χ1n) is 8.29. The number of nitrogens with one attached hydrogen (secondary N) is 1. The summed E-state index contributed by atoms with van der Waals surface area (Å²) in [5.41, 5.74) is 1.25. The van der Waals surface area contributed by atoms with Gasteiger partial charge in [-0.05, 0) is 57.1 Å². The maximum Gasteiger partial charge on any atom is 0.253 e. The van der Waals surface area contributed by atoms with Crippen molar-refractivity contribution in [2.75, 3.05) is 40.3 Å². The predicted molar refractivity (Wildman–Crippen MR) is 91.6 cm³/mol. The third-order valence-electron chi connectivity index (χ3n) is 4.31.